The van der Waals surface area contributed by atoms with Crippen LogP contribution in [0.2, 0.25) is 0 Å². The molecule has 1 aromatic heterocycles. The Hall–Kier alpha value is -1.07. The molecule has 2 heterocycles. The van der Waals surface area contributed by atoms with Gasteiger partial charge in [0, 0.05) is 31.3 Å². The Morgan fingerprint density at radius 1 is 1.73 bits per heavy atom. The number of ether oxygens (including phenoxy) is 1. The summed E-state index contributed by atoms with van der Waals surface area (Å²) in [6, 6.07) is 1.73. The Kier molecular flexibility index (Phi) is 2.93. The van der Waals surface area contributed by atoms with Crippen molar-refractivity contribution in [2.75, 3.05) is 25.1 Å². The van der Waals surface area contributed by atoms with Crippen LogP contribution < -0.4 is 4.90 Å². The number of rotatable bonds is 3. The minimum Gasteiger partial charge on any atom is -0.477 e. The van der Waals surface area contributed by atoms with Gasteiger partial charge in [-0.05, 0) is 12.5 Å². The van der Waals surface area contributed by atoms with Crippen molar-refractivity contribution in [2.24, 2.45) is 0 Å². The van der Waals surface area contributed by atoms with Crippen LogP contribution in [0.1, 0.15) is 16.1 Å². The van der Waals surface area contributed by atoms with Crippen LogP contribution in [-0.4, -0.2) is 37.4 Å². The standard InChI is InChI=1S/C10H13NO3S/c1-14-8-2-3-11(5-8)7-4-9(10(12)13)15-6-7/h4,6,8H,2-3,5H2,1H3,(H,12,13). The summed E-state index contributed by atoms with van der Waals surface area (Å²) in [6.07, 6.45) is 1.28. The minimum absolute atomic E-state index is 0.276. The molecule has 0 spiro atoms. The minimum atomic E-state index is -0.853. The quantitative estimate of drug-likeness (QED) is 0.853. The number of hydrogen-bond acceptors (Lipinski definition) is 4. The number of aromatic carboxylic acids is 1. The lowest BCUT2D eigenvalue weighted by Gasteiger charge is -2.15. The molecule has 4 nitrogen and oxygen atoms in total. The summed E-state index contributed by atoms with van der Waals surface area (Å²) >= 11 is 1.27. The summed E-state index contributed by atoms with van der Waals surface area (Å²) < 4.78 is 5.26. The number of carboxylic acid groups (broad SMARTS) is 1. The average molecular weight is 227 g/mol. The van der Waals surface area contributed by atoms with Gasteiger partial charge in [-0.2, -0.15) is 0 Å². The van der Waals surface area contributed by atoms with Crippen molar-refractivity contribution >= 4 is 23.0 Å². The molecular weight excluding hydrogens is 214 g/mol. The Morgan fingerprint density at radius 2 is 2.53 bits per heavy atom. The van der Waals surface area contributed by atoms with Crippen LogP contribution in [0.15, 0.2) is 11.4 Å². The van der Waals surface area contributed by atoms with Crippen LogP contribution in [0.3, 0.4) is 0 Å². The van der Waals surface area contributed by atoms with Crippen molar-refractivity contribution in [1.82, 2.24) is 0 Å². The molecule has 82 valence electrons. The number of anilines is 1. The third-order valence-electron chi connectivity index (χ3n) is 2.64. The zero-order valence-corrected chi connectivity index (χ0v) is 9.29. The fraction of sp³-hybridized carbons (Fsp3) is 0.500. The highest BCUT2D eigenvalue weighted by atomic mass is 32.1. The maximum atomic E-state index is 10.7. The van der Waals surface area contributed by atoms with Crippen LogP contribution in [0.4, 0.5) is 5.69 Å². The first-order valence-corrected chi connectivity index (χ1v) is 5.68. The molecule has 5 heteroatoms. The zero-order valence-electron chi connectivity index (χ0n) is 8.47. The van der Waals surface area contributed by atoms with E-state index in [0.717, 1.165) is 25.2 Å². The van der Waals surface area contributed by atoms with Crippen molar-refractivity contribution < 1.29 is 14.6 Å². The second kappa shape index (κ2) is 4.20. The molecule has 2 rings (SSSR count). The van der Waals surface area contributed by atoms with Gasteiger partial charge >= 0.3 is 5.97 Å². The first-order valence-electron chi connectivity index (χ1n) is 4.80. The SMILES string of the molecule is COC1CCN(c2csc(C(=O)O)c2)C1. The molecule has 1 atom stereocenters. The molecule has 0 aromatic carbocycles. The highest BCUT2D eigenvalue weighted by Crippen LogP contribution is 2.27. The van der Waals surface area contributed by atoms with Crippen molar-refractivity contribution in [3.63, 3.8) is 0 Å². The van der Waals surface area contributed by atoms with E-state index in [2.05, 4.69) is 4.90 Å². The molecule has 0 radical (unpaired) electrons. The van der Waals surface area contributed by atoms with Crippen molar-refractivity contribution in [2.45, 2.75) is 12.5 Å². The fourth-order valence-electron chi connectivity index (χ4n) is 1.76. The van der Waals surface area contributed by atoms with Crippen molar-refractivity contribution in [3.8, 4) is 0 Å². The molecule has 0 bridgehead atoms. The van der Waals surface area contributed by atoms with Crippen molar-refractivity contribution in [1.29, 1.82) is 0 Å². The molecule has 1 unspecified atom stereocenters. The lowest BCUT2D eigenvalue weighted by atomic mass is 10.3. The smallest absolute Gasteiger partial charge is 0.345 e. The average Bonchev–Trinajstić information content (AvgIpc) is 2.86. The van der Waals surface area contributed by atoms with Gasteiger partial charge in [-0.25, -0.2) is 4.79 Å². The highest BCUT2D eigenvalue weighted by molar-refractivity contribution is 7.12. The van der Waals surface area contributed by atoms with E-state index in [1.165, 1.54) is 11.3 Å². The summed E-state index contributed by atoms with van der Waals surface area (Å²) in [4.78, 5) is 13.3. The second-order valence-corrected chi connectivity index (χ2v) is 4.48. The van der Waals surface area contributed by atoms with E-state index in [4.69, 9.17) is 9.84 Å². The van der Waals surface area contributed by atoms with E-state index >= 15 is 0 Å². The van der Waals surface area contributed by atoms with E-state index in [0.29, 0.717) is 4.88 Å². The Labute approximate surface area is 92.1 Å². The van der Waals surface area contributed by atoms with Crippen LogP contribution in [-0.2, 0) is 4.74 Å². The summed E-state index contributed by atoms with van der Waals surface area (Å²) in [7, 11) is 1.71. The molecule has 0 amide bonds. The van der Waals surface area contributed by atoms with Gasteiger partial charge in [0.05, 0.1) is 6.10 Å². The molecule has 0 aliphatic carbocycles. The van der Waals surface area contributed by atoms with E-state index in [-0.39, 0.29) is 6.10 Å². The molecule has 15 heavy (non-hydrogen) atoms. The van der Waals surface area contributed by atoms with Crippen LogP contribution >= 0.6 is 11.3 Å². The van der Waals surface area contributed by atoms with Gasteiger partial charge in [0.2, 0.25) is 0 Å². The third-order valence-corrected chi connectivity index (χ3v) is 3.55. The Bertz CT molecular complexity index is 363. The predicted molar refractivity (Wildman–Crippen MR) is 58.9 cm³/mol. The van der Waals surface area contributed by atoms with Gasteiger partial charge in [0.25, 0.3) is 0 Å². The number of methoxy groups -OCH3 is 1. The van der Waals surface area contributed by atoms with E-state index in [9.17, 15) is 4.79 Å². The molecule has 1 fully saturated rings. The third kappa shape index (κ3) is 2.13. The van der Waals surface area contributed by atoms with Gasteiger partial charge in [-0.1, -0.05) is 0 Å². The molecule has 1 aliphatic heterocycles. The topological polar surface area (TPSA) is 49.8 Å². The summed E-state index contributed by atoms with van der Waals surface area (Å²) in [5, 5.41) is 10.7. The van der Waals surface area contributed by atoms with Gasteiger partial charge in [-0.3, -0.25) is 0 Å². The molecule has 1 aromatic rings. The largest absolute Gasteiger partial charge is 0.477 e. The number of carbonyl (C=O) groups is 1. The van der Waals surface area contributed by atoms with Gasteiger partial charge in [0.15, 0.2) is 0 Å². The molecule has 0 saturated carbocycles. The first-order chi connectivity index (χ1) is 7.20. The molecular formula is C10H13NO3S. The fourth-order valence-corrected chi connectivity index (χ4v) is 2.51. The summed E-state index contributed by atoms with van der Waals surface area (Å²) in [5.74, 6) is -0.853. The predicted octanol–water partition coefficient (Wildman–Crippen LogP) is 1.67. The molecule has 1 aliphatic rings. The maximum absolute atomic E-state index is 10.7. The molecule has 1 N–H and O–H groups in total. The lowest BCUT2D eigenvalue weighted by Crippen LogP contribution is -2.21. The van der Waals surface area contributed by atoms with Gasteiger partial charge in [0.1, 0.15) is 4.88 Å². The van der Waals surface area contributed by atoms with E-state index in [1.54, 1.807) is 13.2 Å². The normalized spacial score (nSPS) is 20.9. The number of hydrogen-bond donors (Lipinski definition) is 1. The van der Waals surface area contributed by atoms with Crippen LogP contribution in [0.25, 0.3) is 0 Å². The first kappa shape index (κ1) is 10.4. The van der Waals surface area contributed by atoms with E-state index < -0.39 is 5.97 Å². The zero-order chi connectivity index (χ0) is 10.8. The number of thiophene rings is 1. The van der Waals surface area contributed by atoms with Gasteiger partial charge < -0.3 is 14.7 Å². The molecule has 1 saturated heterocycles. The Morgan fingerprint density at radius 3 is 3.07 bits per heavy atom. The Balaban J connectivity index is 2.07. The lowest BCUT2D eigenvalue weighted by molar-refractivity contribution is 0.0702. The van der Waals surface area contributed by atoms with Crippen LogP contribution in [0, 0.1) is 0 Å². The van der Waals surface area contributed by atoms with Crippen molar-refractivity contribution in [3.05, 3.63) is 16.3 Å². The monoisotopic (exact) mass is 227 g/mol. The summed E-state index contributed by atoms with van der Waals surface area (Å²) in [5.41, 5.74) is 0.997. The summed E-state index contributed by atoms with van der Waals surface area (Å²) in [6.45, 7) is 1.79. The number of carboxylic acids is 1. The second-order valence-electron chi connectivity index (χ2n) is 3.57. The van der Waals surface area contributed by atoms with Gasteiger partial charge in [-0.15, -0.1) is 11.3 Å². The van der Waals surface area contributed by atoms with E-state index in [1.807, 2.05) is 5.38 Å². The highest BCUT2D eigenvalue weighted by Gasteiger charge is 2.23. The van der Waals surface area contributed by atoms with Crippen LogP contribution in [0.5, 0.6) is 0 Å². The number of nitrogens with zero attached hydrogens (tertiary/aromatic N) is 1. The maximum Gasteiger partial charge on any atom is 0.345 e.